The van der Waals surface area contributed by atoms with Crippen LogP contribution >= 0.6 is 27.3 Å². The predicted molar refractivity (Wildman–Crippen MR) is 75.9 cm³/mol. The Morgan fingerprint density at radius 2 is 2.05 bits per heavy atom. The number of anilines is 1. The number of hydrogen-bond donors (Lipinski definition) is 1. The minimum absolute atomic E-state index is 0.124. The van der Waals surface area contributed by atoms with Crippen LogP contribution in [-0.2, 0) is 10.0 Å². The number of sulfonamides is 1. The van der Waals surface area contributed by atoms with Crippen molar-refractivity contribution >= 4 is 48.7 Å². The number of nitrogens with one attached hydrogen (secondary N) is 1. The smallest absolute Gasteiger partial charge is 0.272 e. The summed E-state index contributed by atoms with van der Waals surface area (Å²) in [4.78, 5) is 10.0. The van der Waals surface area contributed by atoms with Crippen molar-refractivity contribution in [2.45, 2.75) is 4.21 Å². The van der Waals surface area contributed by atoms with E-state index in [1.165, 1.54) is 24.3 Å². The van der Waals surface area contributed by atoms with E-state index in [2.05, 4.69) is 20.7 Å². The van der Waals surface area contributed by atoms with Gasteiger partial charge in [-0.2, -0.15) is 0 Å². The van der Waals surface area contributed by atoms with Gasteiger partial charge in [-0.25, -0.2) is 8.42 Å². The first-order valence-corrected chi connectivity index (χ1v) is 8.06. The summed E-state index contributed by atoms with van der Waals surface area (Å²) >= 11 is 4.19. The standard InChI is InChI=1S/C10H7BrN2O4S2/c11-9-4-5-18-10(9)19(16,17)12-7-2-1-3-8(6-7)13(14)15/h1-6,12H. The maximum absolute atomic E-state index is 12.1. The molecule has 1 aromatic carbocycles. The van der Waals surface area contributed by atoms with E-state index in [0.29, 0.717) is 4.47 Å². The van der Waals surface area contributed by atoms with Crippen LogP contribution < -0.4 is 4.72 Å². The fourth-order valence-corrected chi connectivity index (χ4v) is 4.74. The topological polar surface area (TPSA) is 89.3 Å². The molecule has 6 nitrogen and oxygen atoms in total. The van der Waals surface area contributed by atoms with E-state index in [1.54, 1.807) is 11.4 Å². The summed E-state index contributed by atoms with van der Waals surface area (Å²) in [6.07, 6.45) is 0. The molecule has 100 valence electrons. The molecule has 0 spiro atoms. The number of nitrogens with zero attached hydrogens (tertiary/aromatic N) is 1. The molecule has 0 saturated heterocycles. The predicted octanol–water partition coefficient (Wildman–Crippen LogP) is 3.22. The Morgan fingerprint density at radius 3 is 2.63 bits per heavy atom. The van der Waals surface area contributed by atoms with Gasteiger partial charge in [0.25, 0.3) is 15.7 Å². The van der Waals surface area contributed by atoms with E-state index in [-0.39, 0.29) is 15.6 Å². The average molecular weight is 363 g/mol. The second-order valence-corrected chi connectivity index (χ2v) is 7.12. The molecule has 1 aromatic heterocycles. The number of thiophene rings is 1. The summed E-state index contributed by atoms with van der Waals surface area (Å²) in [6, 6.07) is 6.94. The first-order valence-electron chi connectivity index (χ1n) is 4.90. The third-order valence-corrected chi connectivity index (χ3v) is 6.19. The minimum Gasteiger partial charge on any atom is -0.279 e. The highest BCUT2D eigenvalue weighted by molar-refractivity contribution is 9.10. The summed E-state index contributed by atoms with van der Waals surface area (Å²) in [7, 11) is -3.74. The largest absolute Gasteiger partial charge is 0.279 e. The monoisotopic (exact) mass is 362 g/mol. The van der Waals surface area contributed by atoms with Crippen molar-refractivity contribution < 1.29 is 13.3 Å². The molecule has 0 aliphatic carbocycles. The number of nitro groups is 1. The molecule has 19 heavy (non-hydrogen) atoms. The van der Waals surface area contributed by atoms with Gasteiger partial charge in [-0.15, -0.1) is 11.3 Å². The number of hydrogen-bond acceptors (Lipinski definition) is 5. The zero-order valence-corrected chi connectivity index (χ0v) is 12.5. The minimum atomic E-state index is -3.74. The zero-order valence-electron chi connectivity index (χ0n) is 9.24. The molecule has 0 radical (unpaired) electrons. The third kappa shape index (κ3) is 3.11. The molecule has 0 unspecified atom stereocenters. The fourth-order valence-electron chi connectivity index (χ4n) is 1.36. The number of rotatable bonds is 4. The molecule has 1 N–H and O–H groups in total. The van der Waals surface area contributed by atoms with Crippen molar-refractivity contribution in [3.8, 4) is 0 Å². The van der Waals surface area contributed by atoms with Gasteiger partial charge in [0.15, 0.2) is 4.21 Å². The Morgan fingerprint density at radius 1 is 1.32 bits per heavy atom. The highest BCUT2D eigenvalue weighted by Gasteiger charge is 2.20. The Kier molecular flexibility index (Phi) is 3.88. The molecule has 0 atom stereocenters. The quantitative estimate of drug-likeness (QED) is 0.667. The second kappa shape index (κ2) is 5.27. The summed E-state index contributed by atoms with van der Waals surface area (Å²) in [5.41, 5.74) is -0.0278. The van der Waals surface area contributed by atoms with E-state index in [0.717, 1.165) is 11.3 Å². The lowest BCUT2D eigenvalue weighted by Gasteiger charge is -2.06. The maximum atomic E-state index is 12.1. The number of nitro benzene ring substituents is 1. The van der Waals surface area contributed by atoms with Gasteiger partial charge in [0.1, 0.15) is 0 Å². The normalized spacial score (nSPS) is 11.2. The molecule has 9 heteroatoms. The Balaban J connectivity index is 2.34. The van der Waals surface area contributed by atoms with E-state index in [9.17, 15) is 18.5 Å². The highest BCUT2D eigenvalue weighted by atomic mass is 79.9. The lowest BCUT2D eigenvalue weighted by Crippen LogP contribution is -2.12. The van der Waals surface area contributed by atoms with E-state index in [1.807, 2.05) is 0 Å². The van der Waals surface area contributed by atoms with Crippen LogP contribution in [0.2, 0.25) is 0 Å². The van der Waals surface area contributed by atoms with Crippen LogP contribution in [0.1, 0.15) is 0 Å². The van der Waals surface area contributed by atoms with Gasteiger partial charge in [0.05, 0.1) is 10.6 Å². The summed E-state index contributed by atoms with van der Waals surface area (Å²) in [5.74, 6) is 0. The van der Waals surface area contributed by atoms with E-state index in [4.69, 9.17) is 0 Å². The SMILES string of the molecule is O=[N+]([O-])c1cccc(NS(=O)(=O)c2sccc2Br)c1. The Bertz CT molecular complexity index is 727. The molecule has 0 saturated carbocycles. The number of benzene rings is 1. The fraction of sp³-hybridized carbons (Fsp3) is 0. The van der Waals surface area contributed by atoms with E-state index < -0.39 is 14.9 Å². The van der Waals surface area contributed by atoms with Gasteiger partial charge >= 0.3 is 0 Å². The number of halogens is 1. The summed E-state index contributed by atoms with van der Waals surface area (Å²) in [6.45, 7) is 0. The van der Waals surface area contributed by atoms with Crippen LogP contribution in [0.3, 0.4) is 0 Å². The summed E-state index contributed by atoms with van der Waals surface area (Å²) < 4.78 is 27.0. The van der Waals surface area contributed by atoms with Crippen LogP contribution in [0.5, 0.6) is 0 Å². The van der Waals surface area contributed by atoms with Crippen molar-refractivity contribution in [2.75, 3.05) is 4.72 Å². The maximum Gasteiger partial charge on any atom is 0.272 e. The molecule has 1 heterocycles. The van der Waals surface area contributed by atoms with E-state index >= 15 is 0 Å². The molecular formula is C10H7BrN2O4S2. The van der Waals surface area contributed by atoms with Crippen molar-refractivity contribution in [1.82, 2.24) is 0 Å². The zero-order chi connectivity index (χ0) is 14.0. The van der Waals surface area contributed by atoms with Gasteiger partial charge in [0, 0.05) is 16.6 Å². The molecule has 0 aliphatic heterocycles. The van der Waals surface area contributed by atoms with Gasteiger partial charge in [-0.1, -0.05) is 6.07 Å². The average Bonchev–Trinajstić information content (AvgIpc) is 2.76. The molecule has 0 bridgehead atoms. The van der Waals surface area contributed by atoms with Crippen LogP contribution in [0.4, 0.5) is 11.4 Å². The lowest BCUT2D eigenvalue weighted by molar-refractivity contribution is -0.384. The van der Waals surface area contributed by atoms with Gasteiger partial charge in [-0.3, -0.25) is 14.8 Å². The van der Waals surface area contributed by atoms with Crippen molar-refractivity contribution in [1.29, 1.82) is 0 Å². The van der Waals surface area contributed by atoms with Gasteiger partial charge < -0.3 is 0 Å². The lowest BCUT2D eigenvalue weighted by atomic mass is 10.3. The molecular weight excluding hydrogens is 356 g/mol. The third-order valence-electron chi connectivity index (χ3n) is 2.14. The van der Waals surface area contributed by atoms with Gasteiger partial charge in [-0.05, 0) is 33.4 Å². The van der Waals surface area contributed by atoms with Crippen LogP contribution in [0.25, 0.3) is 0 Å². The number of non-ortho nitro benzene ring substituents is 1. The van der Waals surface area contributed by atoms with Crippen molar-refractivity contribution in [3.05, 3.63) is 50.3 Å². The van der Waals surface area contributed by atoms with Gasteiger partial charge in [0.2, 0.25) is 0 Å². The van der Waals surface area contributed by atoms with Crippen LogP contribution in [0.15, 0.2) is 44.4 Å². The molecule has 2 rings (SSSR count). The first kappa shape index (κ1) is 14.0. The van der Waals surface area contributed by atoms with Crippen molar-refractivity contribution in [3.63, 3.8) is 0 Å². The molecule has 0 fully saturated rings. The molecule has 0 amide bonds. The first-order chi connectivity index (χ1) is 8.90. The van der Waals surface area contributed by atoms with Crippen LogP contribution in [-0.4, -0.2) is 13.3 Å². The van der Waals surface area contributed by atoms with Crippen molar-refractivity contribution in [2.24, 2.45) is 0 Å². The Labute approximate surface area is 121 Å². The molecule has 0 aliphatic rings. The van der Waals surface area contributed by atoms with Crippen LogP contribution in [0, 0.1) is 10.1 Å². The molecule has 2 aromatic rings. The summed E-state index contributed by atoms with van der Waals surface area (Å²) in [5, 5.41) is 12.3. The Hall–Kier alpha value is -1.45. The second-order valence-electron chi connectivity index (χ2n) is 3.47. The highest BCUT2D eigenvalue weighted by Crippen LogP contribution is 2.29.